The molecule has 0 bridgehead atoms. The third-order valence-electron chi connectivity index (χ3n) is 3.80. The molecule has 4 heteroatoms. The Kier molecular flexibility index (Phi) is 6.06. The molecule has 1 aromatic carbocycles. The molecule has 1 saturated heterocycles. The van der Waals surface area contributed by atoms with Crippen molar-refractivity contribution >= 4 is 0 Å². The van der Waals surface area contributed by atoms with E-state index < -0.39 is 0 Å². The molecule has 0 aromatic heterocycles. The predicted octanol–water partition coefficient (Wildman–Crippen LogP) is 0.931. The van der Waals surface area contributed by atoms with Crippen LogP contribution in [0.4, 0.5) is 0 Å². The van der Waals surface area contributed by atoms with Crippen LogP contribution in [0.15, 0.2) is 18.2 Å². The first kappa shape index (κ1) is 15.8. The lowest BCUT2D eigenvalue weighted by molar-refractivity contribution is 0.133. The lowest BCUT2D eigenvalue weighted by atomic mass is 10.1. The minimum atomic E-state index is 0.392. The molecule has 0 spiro atoms. The van der Waals surface area contributed by atoms with Gasteiger partial charge in [-0.2, -0.15) is 0 Å². The number of nitrogens with two attached hydrogens (primary N) is 1. The van der Waals surface area contributed by atoms with Gasteiger partial charge in [-0.3, -0.25) is 4.90 Å². The Morgan fingerprint density at radius 1 is 1.24 bits per heavy atom. The second-order valence-corrected chi connectivity index (χ2v) is 5.48. The Labute approximate surface area is 127 Å². The lowest BCUT2D eigenvalue weighted by Gasteiger charge is -2.32. The van der Waals surface area contributed by atoms with Crippen molar-refractivity contribution in [3.8, 4) is 17.6 Å². The van der Waals surface area contributed by atoms with Crippen LogP contribution in [-0.2, 0) is 0 Å². The van der Waals surface area contributed by atoms with E-state index in [1.807, 2.05) is 25.1 Å². The number of piperazine rings is 1. The quantitative estimate of drug-likeness (QED) is 0.837. The van der Waals surface area contributed by atoms with Crippen molar-refractivity contribution in [1.82, 2.24) is 9.80 Å². The summed E-state index contributed by atoms with van der Waals surface area (Å²) in [5.74, 6) is 6.87. The van der Waals surface area contributed by atoms with Gasteiger partial charge in [-0.25, -0.2) is 0 Å². The molecule has 1 fully saturated rings. The molecule has 2 N–H and O–H groups in total. The van der Waals surface area contributed by atoms with Crippen molar-refractivity contribution < 1.29 is 4.74 Å². The van der Waals surface area contributed by atoms with E-state index in [0.29, 0.717) is 6.54 Å². The van der Waals surface area contributed by atoms with E-state index in [4.69, 9.17) is 10.5 Å². The Bertz CT molecular complexity index is 511. The molecular formula is C17H25N3O. The van der Waals surface area contributed by atoms with Gasteiger partial charge in [0.1, 0.15) is 12.4 Å². The first-order valence-electron chi connectivity index (χ1n) is 7.52. The zero-order valence-corrected chi connectivity index (χ0v) is 13.1. The molecule has 0 amide bonds. The summed E-state index contributed by atoms with van der Waals surface area (Å²) in [6.45, 7) is 8.72. The highest BCUT2D eigenvalue weighted by molar-refractivity contribution is 5.44. The average molecular weight is 287 g/mol. The van der Waals surface area contributed by atoms with Gasteiger partial charge in [0, 0.05) is 38.3 Å². The molecule has 2 rings (SSSR count). The van der Waals surface area contributed by atoms with E-state index >= 15 is 0 Å². The smallest absolute Gasteiger partial charge is 0.119 e. The number of likely N-dealkylation sites (N-methyl/N-ethyl adjacent to an activating group) is 1. The van der Waals surface area contributed by atoms with Crippen LogP contribution in [0, 0.1) is 18.8 Å². The fraction of sp³-hybridized carbons (Fsp3) is 0.529. The standard InChI is InChI=1S/C17H25N3O/c1-15-14-17(6-5-16(15)4-3-7-18)21-13-12-20-10-8-19(2)9-11-20/h5-6,14H,7-13,18H2,1-2H3. The van der Waals surface area contributed by atoms with Crippen LogP contribution in [-0.4, -0.2) is 62.7 Å². The third-order valence-corrected chi connectivity index (χ3v) is 3.80. The van der Waals surface area contributed by atoms with Gasteiger partial charge in [-0.05, 0) is 37.7 Å². The Hall–Kier alpha value is -1.54. The maximum absolute atomic E-state index is 5.85. The third kappa shape index (κ3) is 5.05. The molecule has 0 saturated carbocycles. The molecule has 1 aromatic rings. The van der Waals surface area contributed by atoms with Crippen molar-refractivity contribution in [3.63, 3.8) is 0 Å². The predicted molar refractivity (Wildman–Crippen MR) is 86.5 cm³/mol. The number of ether oxygens (including phenoxy) is 1. The molecule has 114 valence electrons. The minimum Gasteiger partial charge on any atom is -0.492 e. The summed E-state index contributed by atoms with van der Waals surface area (Å²) in [7, 11) is 2.17. The molecule has 0 aliphatic carbocycles. The van der Waals surface area contributed by atoms with Gasteiger partial charge in [-0.1, -0.05) is 11.8 Å². The zero-order valence-electron chi connectivity index (χ0n) is 13.1. The number of nitrogens with zero attached hydrogens (tertiary/aromatic N) is 2. The number of benzene rings is 1. The fourth-order valence-electron chi connectivity index (χ4n) is 2.38. The molecule has 0 atom stereocenters. The molecule has 1 aliphatic rings. The van der Waals surface area contributed by atoms with Gasteiger partial charge >= 0.3 is 0 Å². The van der Waals surface area contributed by atoms with Crippen molar-refractivity contribution in [2.45, 2.75) is 6.92 Å². The summed E-state index contributed by atoms with van der Waals surface area (Å²) in [6.07, 6.45) is 0. The number of rotatable bonds is 4. The molecule has 0 radical (unpaired) electrons. The summed E-state index contributed by atoms with van der Waals surface area (Å²) in [6, 6.07) is 6.03. The normalized spacial score (nSPS) is 16.3. The molecule has 4 nitrogen and oxygen atoms in total. The van der Waals surface area contributed by atoms with Crippen LogP contribution in [0.2, 0.25) is 0 Å². The number of aryl methyl sites for hydroxylation is 1. The van der Waals surface area contributed by atoms with Gasteiger partial charge < -0.3 is 15.4 Å². The van der Waals surface area contributed by atoms with Gasteiger partial charge in [0.2, 0.25) is 0 Å². The number of hydrogen-bond donors (Lipinski definition) is 1. The summed E-state index contributed by atoms with van der Waals surface area (Å²) < 4.78 is 5.85. The Morgan fingerprint density at radius 2 is 2.00 bits per heavy atom. The van der Waals surface area contributed by atoms with E-state index in [9.17, 15) is 0 Å². The highest BCUT2D eigenvalue weighted by Crippen LogP contribution is 2.16. The van der Waals surface area contributed by atoms with E-state index in [0.717, 1.165) is 56.2 Å². The second-order valence-electron chi connectivity index (χ2n) is 5.48. The van der Waals surface area contributed by atoms with Gasteiger partial charge in [0.25, 0.3) is 0 Å². The molecule has 1 heterocycles. The van der Waals surface area contributed by atoms with E-state index in [-0.39, 0.29) is 0 Å². The monoisotopic (exact) mass is 287 g/mol. The van der Waals surface area contributed by atoms with Crippen molar-refractivity contribution in [3.05, 3.63) is 29.3 Å². The van der Waals surface area contributed by atoms with Gasteiger partial charge in [-0.15, -0.1) is 0 Å². The minimum absolute atomic E-state index is 0.392. The van der Waals surface area contributed by atoms with E-state index in [2.05, 4.69) is 28.7 Å². The van der Waals surface area contributed by atoms with E-state index in [1.165, 1.54) is 0 Å². The second kappa shape index (κ2) is 8.04. The topological polar surface area (TPSA) is 41.7 Å². The van der Waals surface area contributed by atoms with Gasteiger partial charge in [0.15, 0.2) is 0 Å². The van der Waals surface area contributed by atoms with Crippen molar-refractivity contribution in [2.75, 3.05) is 52.9 Å². The van der Waals surface area contributed by atoms with Crippen LogP contribution in [0.3, 0.4) is 0 Å². The molecule has 1 aliphatic heterocycles. The van der Waals surface area contributed by atoms with Crippen LogP contribution < -0.4 is 10.5 Å². The van der Waals surface area contributed by atoms with Crippen molar-refractivity contribution in [2.24, 2.45) is 5.73 Å². The molecule has 0 unspecified atom stereocenters. The SMILES string of the molecule is Cc1cc(OCCN2CCN(C)CC2)ccc1C#CCN. The molecule has 21 heavy (non-hydrogen) atoms. The highest BCUT2D eigenvalue weighted by Gasteiger charge is 2.13. The summed E-state index contributed by atoms with van der Waals surface area (Å²) in [5.41, 5.74) is 7.55. The summed E-state index contributed by atoms with van der Waals surface area (Å²) >= 11 is 0. The summed E-state index contributed by atoms with van der Waals surface area (Å²) in [5, 5.41) is 0. The largest absolute Gasteiger partial charge is 0.492 e. The fourth-order valence-corrected chi connectivity index (χ4v) is 2.38. The highest BCUT2D eigenvalue weighted by atomic mass is 16.5. The Morgan fingerprint density at radius 3 is 2.67 bits per heavy atom. The first-order chi connectivity index (χ1) is 10.2. The van der Waals surface area contributed by atoms with Crippen LogP contribution in [0.1, 0.15) is 11.1 Å². The lowest BCUT2D eigenvalue weighted by Crippen LogP contribution is -2.45. The van der Waals surface area contributed by atoms with Crippen LogP contribution in [0.5, 0.6) is 5.75 Å². The van der Waals surface area contributed by atoms with Crippen LogP contribution in [0.25, 0.3) is 0 Å². The number of hydrogen-bond acceptors (Lipinski definition) is 4. The van der Waals surface area contributed by atoms with Crippen molar-refractivity contribution in [1.29, 1.82) is 0 Å². The zero-order chi connectivity index (χ0) is 15.1. The summed E-state index contributed by atoms with van der Waals surface area (Å²) in [4.78, 5) is 4.82. The van der Waals surface area contributed by atoms with Gasteiger partial charge in [0.05, 0.1) is 6.54 Å². The van der Waals surface area contributed by atoms with E-state index in [1.54, 1.807) is 0 Å². The maximum atomic E-state index is 5.85. The Balaban J connectivity index is 1.79. The molecular weight excluding hydrogens is 262 g/mol. The van der Waals surface area contributed by atoms with Crippen LogP contribution >= 0.6 is 0 Å². The average Bonchev–Trinajstić information content (AvgIpc) is 2.48. The maximum Gasteiger partial charge on any atom is 0.119 e. The first-order valence-corrected chi connectivity index (χ1v) is 7.52.